The van der Waals surface area contributed by atoms with Gasteiger partial charge in [-0.25, -0.2) is 0 Å². The van der Waals surface area contributed by atoms with Crippen LogP contribution in [0.5, 0.6) is 0 Å². The molecule has 2 aromatic carbocycles. The third-order valence-electron chi connectivity index (χ3n) is 3.96. The molecule has 0 aliphatic carbocycles. The van der Waals surface area contributed by atoms with Gasteiger partial charge < -0.3 is 10.2 Å². The minimum atomic E-state index is -0.536. The van der Waals surface area contributed by atoms with E-state index in [9.17, 15) is 19.2 Å². The molecule has 2 amide bonds. The Bertz CT molecular complexity index is 902. The molecule has 0 fully saturated rings. The van der Waals surface area contributed by atoms with Crippen LogP contribution in [0.15, 0.2) is 48.5 Å². The van der Waals surface area contributed by atoms with E-state index < -0.39 is 23.4 Å². The Kier molecular flexibility index (Phi) is 4.19. The second kappa shape index (κ2) is 6.32. The van der Waals surface area contributed by atoms with Crippen molar-refractivity contribution in [2.75, 3.05) is 10.2 Å². The van der Waals surface area contributed by atoms with E-state index in [1.807, 2.05) is 19.9 Å². The fraction of sp³-hybridized carbons (Fsp3) is 0.158. The molecule has 126 valence electrons. The van der Waals surface area contributed by atoms with Crippen molar-refractivity contribution in [3.63, 3.8) is 0 Å². The fourth-order valence-electron chi connectivity index (χ4n) is 2.81. The van der Waals surface area contributed by atoms with Crippen LogP contribution in [-0.2, 0) is 9.59 Å². The van der Waals surface area contributed by atoms with E-state index >= 15 is 0 Å². The minimum Gasteiger partial charge on any atom is -0.318 e. The van der Waals surface area contributed by atoms with Gasteiger partial charge in [-0.3, -0.25) is 19.2 Å². The van der Waals surface area contributed by atoms with Crippen molar-refractivity contribution in [3.8, 4) is 0 Å². The largest absolute Gasteiger partial charge is 0.318 e. The van der Waals surface area contributed by atoms with Crippen molar-refractivity contribution in [2.45, 2.75) is 19.9 Å². The van der Waals surface area contributed by atoms with E-state index in [1.165, 1.54) is 4.90 Å². The molecule has 2 aliphatic rings. The highest BCUT2D eigenvalue weighted by Crippen LogP contribution is 2.29. The van der Waals surface area contributed by atoms with Crippen LogP contribution in [0.2, 0.25) is 0 Å². The zero-order valence-electron chi connectivity index (χ0n) is 13.8. The first-order valence-electron chi connectivity index (χ1n) is 7.83. The van der Waals surface area contributed by atoms with E-state index in [4.69, 9.17) is 0 Å². The number of Topliss-reactive ketones (excluding diaryl/α,β-unsaturated/α-hetero) is 2. The molecule has 1 N–H and O–H groups in total. The third-order valence-corrected chi connectivity index (χ3v) is 3.96. The number of anilines is 2. The van der Waals surface area contributed by atoms with E-state index in [-0.39, 0.29) is 6.04 Å². The molecule has 6 nitrogen and oxygen atoms in total. The molecule has 0 aromatic heterocycles. The van der Waals surface area contributed by atoms with Crippen LogP contribution >= 0.6 is 0 Å². The normalized spacial score (nSPS) is 14.9. The molecule has 2 aromatic rings. The maximum atomic E-state index is 11.6. The Morgan fingerprint density at radius 3 is 2.04 bits per heavy atom. The number of benzene rings is 2. The maximum Gasteiger partial charge on any atom is 0.299 e. The van der Waals surface area contributed by atoms with Crippen LogP contribution in [0.25, 0.3) is 0 Å². The lowest BCUT2D eigenvalue weighted by molar-refractivity contribution is -0.114. The van der Waals surface area contributed by atoms with Gasteiger partial charge in [-0.05, 0) is 38.1 Å². The third kappa shape index (κ3) is 2.82. The summed E-state index contributed by atoms with van der Waals surface area (Å²) < 4.78 is 0. The first-order valence-corrected chi connectivity index (χ1v) is 7.83. The zero-order chi connectivity index (χ0) is 18.1. The Morgan fingerprint density at radius 1 is 0.800 bits per heavy atom. The van der Waals surface area contributed by atoms with Gasteiger partial charge in [0.15, 0.2) is 0 Å². The van der Waals surface area contributed by atoms with Gasteiger partial charge in [0, 0.05) is 6.04 Å². The SMILES string of the molecule is CC(C)N1C(=O)C(=O)c2ccccc21.O=C1Nc2ccccc2C1=O. The second-order valence-electron chi connectivity index (χ2n) is 5.94. The number of nitrogens with one attached hydrogen (secondary N) is 1. The quantitative estimate of drug-likeness (QED) is 0.811. The first kappa shape index (κ1) is 16.6. The van der Waals surface area contributed by atoms with E-state index in [0.29, 0.717) is 16.8 Å². The molecular formula is C19H16N2O4. The van der Waals surface area contributed by atoms with Crippen molar-refractivity contribution in [1.82, 2.24) is 0 Å². The second-order valence-corrected chi connectivity index (χ2v) is 5.94. The monoisotopic (exact) mass is 336 g/mol. The van der Waals surface area contributed by atoms with Crippen molar-refractivity contribution >= 4 is 34.8 Å². The average molecular weight is 336 g/mol. The Morgan fingerprint density at radius 2 is 1.40 bits per heavy atom. The maximum absolute atomic E-state index is 11.6. The summed E-state index contributed by atoms with van der Waals surface area (Å²) in [5, 5.41) is 2.46. The van der Waals surface area contributed by atoms with Gasteiger partial charge in [0.1, 0.15) is 0 Å². The summed E-state index contributed by atoms with van der Waals surface area (Å²) in [6.45, 7) is 3.79. The number of nitrogens with zero attached hydrogens (tertiary/aromatic N) is 1. The lowest BCUT2D eigenvalue weighted by Crippen LogP contribution is -2.35. The molecule has 0 radical (unpaired) electrons. The van der Waals surface area contributed by atoms with Gasteiger partial charge in [0.05, 0.1) is 22.5 Å². The molecule has 0 bridgehead atoms. The van der Waals surface area contributed by atoms with Crippen LogP contribution in [0.1, 0.15) is 34.6 Å². The highest BCUT2D eigenvalue weighted by molar-refractivity contribution is 6.52. The zero-order valence-corrected chi connectivity index (χ0v) is 13.8. The van der Waals surface area contributed by atoms with Crippen LogP contribution < -0.4 is 10.2 Å². The summed E-state index contributed by atoms with van der Waals surface area (Å²) in [5.74, 6) is -1.79. The lowest BCUT2D eigenvalue weighted by Gasteiger charge is -2.20. The minimum absolute atomic E-state index is 0.0232. The number of hydrogen-bond acceptors (Lipinski definition) is 4. The van der Waals surface area contributed by atoms with Gasteiger partial charge in [0.2, 0.25) is 0 Å². The van der Waals surface area contributed by atoms with Crippen LogP contribution in [0.3, 0.4) is 0 Å². The number of para-hydroxylation sites is 2. The Labute approximate surface area is 144 Å². The topological polar surface area (TPSA) is 83.6 Å². The predicted octanol–water partition coefficient (Wildman–Crippen LogP) is 2.45. The fourth-order valence-corrected chi connectivity index (χ4v) is 2.81. The number of carbonyl (C=O) groups is 4. The smallest absolute Gasteiger partial charge is 0.299 e. The summed E-state index contributed by atoms with van der Waals surface area (Å²) in [4.78, 5) is 46.4. The molecule has 0 saturated carbocycles. The number of amides is 2. The lowest BCUT2D eigenvalue weighted by atomic mass is 10.1. The summed E-state index contributed by atoms with van der Waals surface area (Å²) in [6.07, 6.45) is 0. The Hall–Kier alpha value is -3.28. The number of fused-ring (bicyclic) bond motifs is 2. The molecular weight excluding hydrogens is 320 g/mol. The van der Waals surface area contributed by atoms with Crippen LogP contribution in [0, 0.1) is 0 Å². The van der Waals surface area contributed by atoms with Crippen LogP contribution in [-0.4, -0.2) is 29.4 Å². The molecule has 0 spiro atoms. The standard InChI is InChI=1S/C11H11NO2.C8H5NO2/c1-7(2)12-9-6-4-3-5-8(9)10(13)11(12)14;10-7-5-3-1-2-4-6(5)9-8(7)11/h3-7H,1-2H3;1-4H,(H,9,10,11). The average Bonchev–Trinajstić information content (AvgIpc) is 3.03. The molecule has 0 saturated heterocycles. The van der Waals surface area contributed by atoms with Crippen LogP contribution in [0.4, 0.5) is 11.4 Å². The molecule has 0 atom stereocenters. The molecule has 2 aliphatic heterocycles. The van der Waals surface area contributed by atoms with Gasteiger partial charge in [-0.1, -0.05) is 24.3 Å². The van der Waals surface area contributed by atoms with Gasteiger partial charge >= 0.3 is 0 Å². The highest BCUT2D eigenvalue weighted by atomic mass is 16.2. The van der Waals surface area contributed by atoms with Crippen molar-refractivity contribution in [2.24, 2.45) is 0 Å². The molecule has 6 heteroatoms. The molecule has 2 heterocycles. The number of ketones is 2. The Balaban J connectivity index is 0.000000150. The number of carbonyl (C=O) groups excluding carboxylic acids is 4. The van der Waals surface area contributed by atoms with Crippen molar-refractivity contribution < 1.29 is 19.2 Å². The number of hydrogen-bond donors (Lipinski definition) is 1. The molecule has 25 heavy (non-hydrogen) atoms. The van der Waals surface area contributed by atoms with E-state index in [0.717, 1.165) is 5.69 Å². The summed E-state index contributed by atoms with van der Waals surface area (Å²) in [5.41, 5.74) is 2.34. The van der Waals surface area contributed by atoms with Gasteiger partial charge in [-0.15, -0.1) is 0 Å². The predicted molar refractivity (Wildman–Crippen MR) is 92.8 cm³/mol. The van der Waals surface area contributed by atoms with Gasteiger partial charge in [-0.2, -0.15) is 0 Å². The number of rotatable bonds is 1. The summed E-state index contributed by atoms with van der Waals surface area (Å²) >= 11 is 0. The van der Waals surface area contributed by atoms with E-state index in [2.05, 4.69) is 5.32 Å². The van der Waals surface area contributed by atoms with Crippen molar-refractivity contribution in [1.29, 1.82) is 0 Å². The van der Waals surface area contributed by atoms with Crippen molar-refractivity contribution in [3.05, 3.63) is 59.7 Å². The molecule has 4 rings (SSSR count). The van der Waals surface area contributed by atoms with Gasteiger partial charge in [0.25, 0.3) is 23.4 Å². The van der Waals surface area contributed by atoms with E-state index in [1.54, 1.807) is 42.5 Å². The summed E-state index contributed by atoms with van der Waals surface area (Å²) in [6, 6.07) is 14.0. The summed E-state index contributed by atoms with van der Waals surface area (Å²) in [7, 11) is 0. The first-order chi connectivity index (χ1) is 11.9. The highest BCUT2D eigenvalue weighted by Gasteiger charge is 2.36. The molecule has 0 unspecified atom stereocenters.